The minimum atomic E-state index is -0.877. The number of likely N-dealkylation sites (tertiary alicyclic amines) is 2. The van der Waals surface area contributed by atoms with Crippen LogP contribution in [-0.4, -0.2) is 83.6 Å². The van der Waals surface area contributed by atoms with Crippen molar-refractivity contribution in [3.63, 3.8) is 0 Å². The lowest BCUT2D eigenvalue weighted by Gasteiger charge is -2.32. The molecule has 0 bridgehead atoms. The van der Waals surface area contributed by atoms with Crippen LogP contribution in [0.4, 0.5) is 0 Å². The number of aldehydes is 1. The average molecular weight is 500 g/mol. The second kappa shape index (κ2) is 13.0. The van der Waals surface area contributed by atoms with Crippen molar-refractivity contribution in [2.24, 2.45) is 22.2 Å². The van der Waals surface area contributed by atoms with Crippen molar-refractivity contribution in [3.05, 3.63) is 35.9 Å². The Morgan fingerprint density at radius 2 is 1.78 bits per heavy atom. The third-order valence-electron chi connectivity index (χ3n) is 6.76. The molecule has 2 fully saturated rings. The molecule has 4 atom stereocenters. The molecule has 2 aliphatic heterocycles. The van der Waals surface area contributed by atoms with Crippen LogP contribution in [-0.2, 0) is 25.6 Å². The molecule has 0 aliphatic carbocycles. The normalized spacial score (nSPS) is 21.0. The van der Waals surface area contributed by atoms with Gasteiger partial charge in [-0.3, -0.25) is 19.4 Å². The van der Waals surface area contributed by atoms with Gasteiger partial charge in [0, 0.05) is 26.1 Å². The summed E-state index contributed by atoms with van der Waals surface area (Å²) in [5, 5.41) is 2.82. The van der Waals surface area contributed by atoms with E-state index in [0.717, 1.165) is 18.3 Å². The van der Waals surface area contributed by atoms with Gasteiger partial charge in [-0.05, 0) is 44.1 Å². The van der Waals surface area contributed by atoms with Crippen LogP contribution in [0.2, 0.25) is 0 Å². The van der Waals surface area contributed by atoms with Gasteiger partial charge in [-0.25, -0.2) is 0 Å². The molecule has 36 heavy (non-hydrogen) atoms. The van der Waals surface area contributed by atoms with Gasteiger partial charge in [-0.1, -0.05) is 30.3 Å². The molecule has 1 aromatic carbocycles. The molecule has 3 amide bonds. The summed E-state index contributed by atoms with van der Waals surface area (Å²) in [5.41, 5.74) is 17.6. The zero-order valence-electron chi connectivity index (χ0n) is 20.6. The van der Waals surface area contributed by atoms with Crippen LogP contribution in [0.3, 0.4) is 0 Å². The minimum absolute atomic E-state index is 0.0235. The van der Waals surface area contributed by atoms with Crippen LogP contribution >= 0.6 is 0 Å². The zero-order valence-corrected chi connectivity index (χ0v) is 20.6. The summed E-state index contributed by atoms with van der Waals surface area (Å²) in [4.78, 5) is 58.3. The summed E-state index contributed by atoms with van der Waals surface area (Å²) in [7, 11) is 0. The van der Waals surface area contributed by atoms with Gasteiger partial charge in [-0.2, -0.15) is 0 Å². The summed E-state index contributed by atoms with van der Waals surface area (Å²) in [5.74, 6) is -0.990. The fraction of sp³-hybridized carbons (Fsp3) is 0.560. The molecule has 0 radical (unpaired) electrons. The summed E-state index contributed by atoms with van der Waals surface area (Å²) in [6.07, 6.45) is 4.55. The molecule has 1 aromatic rings. The number of carbonyl (C=O) groups is 4. The summed E-state index contributed by atoms with van der Waals surface area (Å²) < 4.78 is 0. The first-order valence-electron chi connectivity index (χ1n) is 12.5. The van der Waals surface area contributed by atoms with E-state index in [2.05, 4.69) is 10.3 Å². The number of rotatable bonds is 11. The van der Waals surface area contributed by atoms with E-state index in [-0.39, 0.29) is 24.2 Å². The Labute approximate surface area is 211 Å². The smallest absolute Gasteiger partial charge is 0.246 e. The van der Waals surface area contributed by atoms with E-state index in [1.54, 1.807) is 9.80 Å². The number of hydrogen-bond acceptors (Lipinski definition) is 6. The van der Waals surface area contributed by atoms with Crippen molar-refractivity contribution in [1.82, 2.24) is 15.1 Å². The lowest BCUT2D eigenvalue weighted by molar-refractivity contribution is -0.146. The number of aliphatic imine (C=N–C) groups is 1. The fourth-order valence-corrected chi connectivity index (χ4v) is 4.87. The Bertz CT molecular complexity index is 951. The van der Waals surface area contributed by atoms with Gasteiger partial charge in [0.25, 0.3) is 0 Å². The lowest BCUT2D eigenvalue weighted by Crippen LogP contribution is -2.57. The molecular weight excluding hydrogens is 462 g/mol. The van der Waals surface area contributed by atoms with Crippen LogP contribution in [0, 0.1) is 0 Å². The van der Waals surface area contributed by atoms with Gasteiger partial charge < -0.3 is 37.1 Å². The highest BCUT2D eigenvalue weighted by Gasteiger charge is 2.42. The zero-order chi connectivity index (χ0) is 26.1. The van der Waals surface area contributed by atoms with E-state index in [4.69, 9.17) is 17.2 Å². The first kappa shape index (κ1) is 27.1. The topological polar surface area (TPSA) is 177 Å². The largest absolute Gasteiger partial charge is 0.370 e. The molecule has 7 N–H and O–H groups in total. The monoisotopic (exact) mass is 499 g/mol. The highest BCUT2D eigenvalue weighted by molar-refractivity contribution is 5.94. The quantitative estimate of drug-likeness (QED) is 0.134. The number of nitrogens with two attached hydrogens (primary N) is 3. The van der Waals surface area contributed by atoms with Gasteiger partial charge >= 0.3 is 0 Å². The van der Waals surface area contributed by atoms with Gasteiger partial charge in [0.2, 0.25) is 17.7 Å². The predicted molar refractivity (Wildman–Crippen MR) is 135 cm³/mol. The summed E-state index contributed by atoms with van der Waals surface area (Å²) in [6, 6.07) is 6.58. The number of guanidine groups is 1. The summed E-state index contributed by atoms with van der Waals surface area (Å²) in [6.45, 7) is 1.28. The molecule has 2 heterocycles. The van der Waals surface area contributed by atoms with Crippen LogP contribution < -0.4 is 22.5 Å². The SMILES string of the molecule is NC(N)=NCCC[C@H](N)C(=O)N[C@@H](Cc1ccccc1)C(=O)N1CCC[C@H]1C(=O)N1CCC[C@H]1C=O. The highest BCUT2D eigenvalue weighted by atomic mass is 16.2. The van der Waals surface area contributed by atoms with Gasteiger partial charge in [-0.15, -0.1) is 0 Å². The molecule has 3 rings (SSSR count). The Balaban J connectivity index is 1.72. The van der Waals surface area contributed by atoms with Crippen LogP contribution in [0.15, 0.2) is 35.3 Å². The fourth-order valence-electron chi connectivity index (χ4n) is 4.87. The molecule has 196 valence electrons. The van der Waals surface area contributed by atoms with Crippen molar-refractivity contribution in [2.45, 2.75) is 69.1 Å². The lowest BCUT2D eigenvalue weighted by atomic mass is 10.0. The van der Waals surface area contributed by atoms with Gasteiger partial charge in [0.1, 0.15) is 18.4 Å². The third-order valence-corrected chi connectivity index (χ3v) is 6.76. The minimum Gasteiger partial charge on any atom is -0.370 e. The number of nitrogens with one attached hydrogen (secondary N) is 1. The first-order chi connectivity index (χ1) is 17.3. The van der Waals surface area contributed by atoms with Gasteiger partial charge in [0.15, 0.2) is 5.96 Å². The van der Waals surface area contributed by atoms with Crippen molar-refractivity contribution < 1.29 is 19.2 Å². The van der Waals surface area contributed by atoms with E-state index >= 15 is 0 Å². The van der Waals surface area contributed by atoms with Gasteiger partial charge in [0.05, 0.1) is 12.1 Å². The van der Waals surface area contributed by atoms with E-state index in [0.29, 0.717) is 51.7 Å². The predicted octanol–water partition coefficient (Wildman–Crippen LogP) is -0.724. The Morgan fingerprint density at radius 3 is 2.47 bits per heavy atom. The maximum absolute atomic E-state index is 13.7. The highest BCUT2D eigenvalue weighted by Crippen LogP contribution is 2.25. The number of benzene rings is 1. The molecule has 0 saturated carbocycles. The number of hydrogen-bond donors (Lipinski definition) is 4. The maximum Gasteiger partial charge on any atom is 0.246 e. The van der Waals surface area contributed by atoms with E-state index in [1.165, 1.54) is 0 Å². The molecule has 11 heteroatoms. The third kappa shape index (κ3) is 7.03. The Hall–Kier alpha value is -3.47. The first-order valence-corrected chi connectivity index (χ1v) is 12.5. The number of nitrogens with zero attached hydrogens (tertiary/aromatic N) is 3. The second-order valence-corrected chi connectivity index (χ2v) is 9.37. The Morgan fingerprint density at radius 1 is 1.08 bits per heavy atom. The standard InChI is InChI=1S/C25H37N7O4/c26-19(10-4-12-29-25(27)28)22(34)30-20(15-17-7-2-1-3-8-17)23(35)32-14-6-11-21(32)24(36)31-13-5-9-18(31)16-33/h1-3,7-8,16,18-21H,4-6,9-15,26H2,(H,30,34)(H4,27,28,29)/t18-,19-,20-,21-/m0/s1. The van der Waals surface area contributed by atoms with Crippen LogP contribution in [0.25, 0.3) is 0 Å². The van der Waals surface area contributed by atoms with E-state index < -0.39 is 30.1 Å². The molecular formula is C25H37N7O4. The average Bonchev–Trinajstić information content (AvgIpc) is 3.55. The van der Waals surface area contributed by atoms with E-state index in [9.17, 15) is 19.2 Å². The van der Waals surface area contributed by atoms with Crippen molar-refractivity contribution in [2.75, 3.05) is 19.6 Å². The molecule has 2 saturated heterocycles. The maximum atomic E-state index is 13.7. The molecule has 0 spiro atoms. The van der Waals surface area contributed by atoms with Crippen LogP contribution in [0.5, 0.6) is 0 Å². The molecule has 2 aliphatic rings. The van der Waals surface area contributed by atoms with Crippen molar-refractivity contribution in [1.29, 1.82) is 0 Å². The number of amides is 3. The Kier molecular flexibility index (Phi) is 9.80. The van der Waals surface area contributed by atoms with Crippen LogP contribution in [0.1, 0.15) is 44.1 Å². The van der Waals surface area contributed by atoms with Crippen molar-refractivity contribution in [3.8, 4) is 0 Å². The molecule has 11 nitrogen and oxygen atoms in total. The van der Waals surface area contributed by atoms with Crippen molar-refractivity contribution >= 4 is 30.0 Å². The molecule has 0 unspecified atom stereocenters. The second-order valence-electron chi connectivity index (χ2n) is 9.37. The summed E-state index contributed by atoms with van der Waals surface area (Å²) >= 11 is 0. The number of carbonyl (C=O) groups excluding carboxylic acids is 4. The molecule has 0 aromatic heterocycles. The van der Waals surface area contributed by atoms with E-state index in [1.807, 2.05) is 30.3 Å².